The molecule has 9 heteroatoms. The molecule has 0 unspecified atom stereocenters. The van der Waals surface area contributed by atoms with Crippen LogP contribution in [0.5, 0.6) is 11.5 Å². The summed E-state index contributed by atoms with van der Waals surface area (Å²) in [5.74, 6) is 0.158. The summed E-state index contributed by atoms with van der Waals surface area (Å²) < 4.78 is 11.0. The van der Waals surface area contributed by atoms with Gasteiger partial charge in [-0.1, -0.05) is 19.1 Å². The van der Waals surface area contributed by atoms with E-state index in [2.05, 4.69) is 22.0 Å². The second-order valence-corrected chi connectivity index (χ2v) is 10.7. The molecule has 2 amide bonds. The number of piperazine rings is 1. The Hall–Kier alpha value is -2.75. The van der Waals surface area contributed by atoms with Crippen molar-refractivity contribution in [2.24, 2.45) is 0 Å². The number of rotatable bonds is 10. The van der Waals surface area contributed by atoms with Crippen LogP contribution in [0.4, 0.5) is 0 Å². The van der Waals surface area contributed by atoms with Gasteiger partial charge in [0.2, 0.25) is 5.91 Å². The fourth-order valence-corrected chi connectivity index (χ4v) is 5.91. The highest BCUT2D eigenvalue weighted by Crippen LogP contribution is 2.45. The number of hydrogen-bond donors (Lipinski definition) is 1. The molecule has 0 radical (unpaired) electrons. The predicted octanol–water partition coefficient (Wildman–Crippen LogP) is 3.48. The number of thioether (sulfide) groups is 1. The molecular formula is C29H40N4O4S. The van der Waals surface area contributed by atoms with Gasteiger partial charge in [0.25, 0.3) is 5.91 Å². The Bertz CT molecular complexity index is 1120. The van der Waals surface area contributed by atoms with E-state index >= 15 is 0 Å². The number of carbonyl (C=O) groups is 2. The number of carbonyl (C=O) groups excluding carboxylic acids is 2. The smallest absolute Gasteiger partial charge is 0.254 e. The zero-order valence-electron chi connectivity index (χ0n) is 23.2. The molecule has 0 saturated carbocycles. The maximum absolute atomic E-state index is 13.9. The summed E-state index contributed by atoms with van der Waals surface area (Å²) in [5.41, 5.74) is 2.06. The van der Waals surface area contributed by atoms with Gasteiger partial charge in [-0.15, -0.1) is 11.8 Å². The number of nitrogens with one attached hydrogen (secondary N) is 1. The highest BCUT2D eigenvalue weighted by atomic mass is 32.2. The van der Waals surface area contributed by atoms with Gasteiger partial charge in [-0.2, -0.15) is 0 Å². The van der Waals surface area contributed by atoms with Gasteiger partial charge in [0.15, 0.2) is 11.5 Å². The second-order valence-electron chi connectivity index (χ2n) is 9.83. The normalized spacial score (nSPS) is 20.2. The number of methoxy groups -OCH3 is 2. The van der Waals surface area contributed by atoms with Crippen LogP contribution >= 0.6 is 11.8 Å². The maximum Gasteiger partial charge on any atom is 0.254 e. The summed E-state index contributed by atoms with van der Waals surface area (Å²) in [6, 6.07) is 11.2. The number of fused-ring (bicyclic) bond motifs is 1. The molecule has 2 aliphatic heterocycles. The van der Waals surface area contributed by atoms with Crippen LogP contribution < -0.4 is 14.8 Å². The van der Waals surface area contributed by atoms with Crippen molar-refractivity contribution >= 4 is 23.6 Å². The highest BCUT2D eigenvalue weighted by Gasteiger charge is 2.43. The molecule has 4 rings (SSSR count). The highest BCUT2D eigenvalue weighted by molar-refractivity contribution is 7.98. The van der Waals surface area contributed by atoms with E-state index in [0.29, 0.717) is 29.2 Å². The molecule has 0 spiro atoms. The van der Waals surface area contributed by atoms with Crippen molar-refractivity contribution in [2.75, 3.05) is 73.3 Å². The summed E-state index contributed by atoms with van der Waals surface area (Å²) in [7, 11) is 4.88. The van der Waals surface area contributed by atoms with Crippen LogP contribution in [0, 0.1) is 0 Å². The van der Waals surface area contributed by atoms with Gasteiger partial charge in [-0.3, -0.25) is 9.59 Å². The number of likely N-dealkylation sites (N-methyl/N-ethyl adjacent to an activating group) is 2. The van der Waals surface area contributed by atoms with Gasteiger partial charge in [-0.05, 0) is 61.2 Å². The number of hydrogen-bond acceptors (Lipinski definition) is 7. The Kier molecular flexibility index (Phi) is 9.57. The first-order valence-electron chi connectivity index (χ1n) is 13.3. The van der Waals surface area contributed by atoms with Crippen LogP contribution in [-0.4, -0.2) is 99.9 Å². The van der Waals surface area contributed by atoms with Crippen LogP contribution in [0.15, 0.2) is 41.3 Å². The fraction of sp³-hybridized carbons (Fsp3) is 0.517. The SMILES string of the molecule is CCN1CCN(CCCNC(=O)[C@H]2c3cc(OC)c(OC)cc3C(=O)N(C)[C@H]2c2ccc(SC)cc2)CC1. The zero-order chi connectivity index (χ0) is 27.2. The molecular weight excluding hydrogens is 500 g/mol. The van der Waals surface area contributed by atoms with E-state index in [1.54, 1.807) is 50.1 Å². The van der Waals surface area contributed by atoms with Gasteiger partial charge >= 0.3 is 0 Å². The van der Waals surface area contributed by atoms with Gasteiger partial charge in [-0.25, -0.2) is 0 Å². The van der Waals surface area contributed by atoms with Crippen molar-refractivity contribution in [1.82, 2.24) is 20.0 Å². The lowest BCUT2D eigenvalue weighted by atomic mass is 9.79. The Morgan fingerprint density at radius 1 is 1.03 bits per heavy atom. The van der Waals surface area contributed by atoms with Gasteiger partial charge in [0.1, 0.15) is 0 Å². The second kappa shape index (κ2) is 12.9. The molecule has 1 saturated heterocycles. The minimum atomic E-state index is -0.583. The van der Waals surface area contributed by atoms with E-state index < -0.39 is 12.0 Å². The van der Waals surface area contributed by atoms with Crippen molar-refractivity contribution in [3.63, 3.8) is 0 Å². The molecule has 2 aromatic rings. The Labute approximate surface area is 230 Å². The lowest BCUT2D eigenvalue weighted by molar-refractivity contribution is -0.124. The van der Waals surface area contributed by atoms with Gasteiger partial charge in [0.05, 0.1) is 26.2 Å². The van der Waals surface area contributed by atoms with Crippen LogP contribution in [-0.2, 0) is 4.79 Å². The molecule has 1 N–H and O–H groups in total. The van der Waals surface area contributed by atoms with Crippen molar-refractivity contribution in [2.45, 2.75) is 30.2 Å². The lowest BCUT2D eigenvalue weighted by Gasteiger charge is -2.40. The number of amides is 2. The van der Waals surface area contributed by atoms with Crippen LogP contribution in [0.3, 0.4) is 0 Å². The third-order valence-electron chi connectivity index (χ3n) is 7.78. The maximum atomic E-state index is 13.9. The first kappa shape index (κ1) is 28.3. The van der Waals surface area contributed by atoms with E-state index in [0.717, 1.165) is 56.1 Å². The van der Waals surface area contributed by atoms with Gasteiger partial charge < -0.3 is 29.5 Å². The largest absolute Gasteiger partial charge is 0.493 e. The number of ether oxygens (including phenoxy) is 2. The summed E-state index contributed by atoms with van der Waals surface area (Å²) in [6.45, 7) is 9.19. The molecule has 0 bridgehead atoms. The van der Waals surface area contributed by atoms with Crippen LogP contribution in [0.25, 0.3) is 0 Å². The summed E-state index contributed by atoms with van der Waals surface area (Å²) >= 11 is 1.66. The first-order chi connectivity index (χ1) is 18.4. The van der Waals surface area contributed by atoms with E-state index in [-0.39, 0.29) is 11.8 Å². The molecule has 206 valence electrons. The standard InChI is InChI=1S/C29H40N4O4S/c1-6-32-14-16-33(17-15-32)13-7-12-30-28(34)26-22-18-24(36-3)25(37-4)19-23(22)29(35)31(2)27(26)20-8-10-21(38-5)11-9-20/h8-11,18-19,26-27H,6-7,12-17H2,1-5H3,(H,30,34)/t26-,27-/m0/s1. The van der Waals surface area contributed by atoms with Crippen molar-refractivity contribution in [3.8, 4) is 11.5 Å². The monoisotopic (exact) mass is 540 g/mol. The number of nitrogens with zero attached hydrogens (tertiary/aromatic N) is 3. The zero-order valence-corrected chi connectivity index (χ0v) is 24.0. The molecule has 38 heavy (non-hydrogen) atoms. The number of benzene rings is 2. The minimum absolute atomic E-state index is 0.0902. The first-order valence-corrected chi connectivity index (χ1v) is 14.5. The molecule has 2 heterocycles. The average Bonchev–Trinajstić information content (AvgIpc) is 2.96. The topological polar surface area (TPSA) is 74.4 Å². The van der Waals surface area contributed by atoms with Crippen LogP contribution in [0.1, 0.15) is 46.8 Å². The van der Waals surface area contributed by atoms with Crippen LogP contribution in [0.2, 0.25) is 0 Å². The van der Waals surface area contributed by atoms with E-state index in [1.165, 1.54) is 0 Å². The molecule has 0 aromatic heterocycles. The van der Waals surface area contributed by atoms with Crippen molar-refractivity contribution in [3.05, 3.63) is 53.1 Å². The molecule has 2 aromatic carbocycles. The molecule has 2 atom stereocenters. The third-order valence-corrected chi connectivity index (χ3v) is 8.52. The Balaban J connectivity index is 1.58. The molecule has 8 nitrogen and oxygen atoms in total. The van der Waals surface area contributed by atoms with Gasteiger partial charge in [0, 0.05) is 50.2 Å². The molecule has 0 aliphatic carbocycles. The van der Waals surface area contributed by atoms with E-state index in [9.17, 15) is 9.59 Å². The summed E-state index contributed by atoms with van der Waals surface area (Å²) in [6.07, 6.45) is 2.91. The summed E-state index contributed by atoms with van der Waals surface area (Å²) in [5, 5.41) is 3.19. The molecule has 1 fully saturated rings. The lowest BCUT2D eigenvalue weighted by Crippen LogP contribution is -2.47. The Morgan fingerprint density at radius 2 is 1.66 bits per heavy atom. The van der Waals surface area contributed by atoms with E-state index in [4.69, 9.17) is 9.47 Å². The molecule has 2 aliphatic rings. The predicted molar refractivity (Wildman–Crippen MR) is 152 cm³/mol. The minimum Gasteiger partial charge on any atom is -0.493 e. The fourth-order valence-electron chi connectivity index (χ4n) is 5.50. The van der Waals surface area contributed by atoms with E-state index in [1.807, 2.05) is 30.5 Å². The Morgan fingerprint density at radius 3 is 2.26 bits per heavy atom. The average molecular weight is 541 g/mol. The van der Waals surface area contributed by atoms with Crippen molar-refractivity contribution in [1.29, 1.82) is 0 Å². The quantitative estimate of drug-likeness (QED) is 0.365. The third kappa shape index (κ3) is 5.95. The summed E-state index contributed by atoms with van der Waals surface area (Å²) in [4.78, 5) is 35.1. The van der Waals surface area contributed by atoms with Crippen molar-refractivity contribution < 1.29 is 19.1 Å².